The molecule has 4 rings (SSSR count). The number of hydrogen-bond acceptors (Lipinski definition) is 7. The molecule has 196 valence electrons. The Bertz CT molecular complexity index is 1310. The maximum atomic E-state index is 13.7. The number of ether oxygens (including phenoxy) is 1. The predicted molar refractivity (Wildman–Crippen MR) is 167 cm³/mol. The zero-order valence-electron chi connectivity index (χ0n) is 22.1. The van der Waals surface area contributed by atoms with E-state index in [2.05, 4.69) is 80.6 Å². The number of carbonyl (C=O) groups excluding carboxylic acids is 1. The van der Waals surface area contributed by atoms with Crippen LogP contribution in [0, 0.1) is 13.8 Å². The van der Waals surface area contributed by atoms with Crippen molar-refractivity contribution in [3.63, 3.8) is 0 Å². The minimum absolute atomic E-state index is 0.0762. The molecule has 3 heterocycles. The van der Waals surface area contributed by atoms with Gasteiger partial charge in [-0.15, -0.1) is 46.2 Å². The van der Waals surface area contributed by atoms with Crippen molar-refractivity contribution in [2.75, 3.05) is 6.61 Å². The number of thiophene rings is 2. The van der Waals surface area contributed by atoms with Gasteiger partial charge in [-0.05, 0) is 66.0 Å². The summed E-state index contributed by atoms with van der Waals surface area (Å²) in [5, 5.41) is 4.19. The van der Waals surface area contributed by atoms with Crippen molar-refractivity contribution < 1.29 is 9.53 Å². The molecule has 0 saturated heterocycles. The first-order valence-corrected chi connectivity index (χ1v) is 19.7. The smallest absolute Gasteiger partial charge is 0.223 e. The van der Waals surface area contributed by atoms with Crippen LogP contribution in [0.1, 0.15) is 31.5 Å². The molecule has 1 aromatic carbocycles. The zero-order valence-corrected chi connectivity index (χ0v) is 26.3. The number of rotatable bonds is 13. The number of aryl methyl sites for hydroxylation is 2. The van der Waals surface area contributed by atoms with Crippen LogP contribution >= 0.6 is 46.2 Å². The first kappa shape index (κ1) is 28.4. The molecule has 9 heteroatoms. The summed E-state index contributed by atoms with van der Waals surface area (Å²) >= 11 is 6.93. The molecule has 0 fully saturated rings. The number of thioether (sulfide) groups is 2. The average Bonchev–Trinajstić information content (AvgIpc) is 3.60. The van der Waals surface area contributed by atoms with E-state index in [1.54, 1.807) is 52.3 Å². The lowest BCUT2D eigenvalue weighted by Crippen LogP contribution is -2.22. The van der Waals surface area contributed by atoms with E-state index in [0.717, 1.165) is 32.8 Å². The molecule has 0 saturated carbocycles. The van der Waals surface area contributed by atoms with Gasteiger partial charge in [0.25, 0.3) is 0 Å². The van der Waals surface area contributed by atoms with Crippen LogP contribution in [0.4, 0.5) is 0 Å². The molecule has 0 aliphatic carbocycles. The van der Waals surface area contributed by atoms with Crippen LogP contribution in [-0.4, -0.2) is 30.0 Å². The molecule has 0 aliphatic rings. The maximum Gasteiger partial charge on any atom is 0.223 e. The highest BCUT2D eigenvalue weighted by Crippen LogP contribution is 2.36. The molecular formula is C28H34N2O2S4Si. The van der Waals surface area contributed by atoms with E-state index in [4.69, 9.17) is 9.72 Å². The van der Waals surface area contributed by atoms with Gasteiger partial charge in [0.1, 0.15) is 6.73 Å². The second-order valence-electron chi connectivity index (χ2n) is 10.2. The summed E-state index contributed by atoms with van der Waals surface area (Å²) in [6.45, 7) is 12.2. The Morgan fingerprint density at radius 1 is 1.03 bits per heavy atom. The molecule has 0 atom stereocenters. The van der Waals surface area contributed by atoms with Gasteiger partial charge in [-0.2, -0.15) is 0 Å². The van der Waals surface area contributed by atoms with Crippen LogP contribution in [0.3, 0.4) is 0 Å². The number of benzene rings is 1. The standard InChI is InChI=1S/C28H34N2O2S4Si/c1-20-14-24-25(15-21(20)2)30(19-32-10-13-37(3,4)5)28(29-24)26(31)16-27(35-17-22-8-6-11-33-22)36-18-23-9-7-12-34-23/h6-9,11-12,14-16H,10,13,17-19H2,1-5H3. The van der Waals surface area contributed by atoms with Crippen LogP contribution in [0.25, 0.3) is 11.0 Å². The molecule has 3 aromatic heterocycles. The van der Waals surface area contributed by atoms with Gasteiger partial charge in [0.05, 0.1) is 11.0 Å². The van der Waals surface area contributed by atoms with Gasteiger partial charge in [0, 0.05) is 46.3 Å². The summed E-state index contributed by atoms with van der Waals surface area (Å²) in [5.74, 6) is 2.07. The molecule has 0 amide bonds. The fraction of sp³-hybridized carbons (Fsp3) is 0.357. The third-order valence-electron chi connectivity index (χ3n) is 5.92. The summed E-state index contributed by atoms with van der Waals surface area (Å²) in [6.07, 6.45) is 1.77. The first-order valence-electron chi connectivity index (χ1n) is 12.3. The van der Waals surface area contributed by atoms with E-state index in [1.165, 1.54) is 20.9 Å². The number of allylic oxidation sites excluding steroid dienone is 1. The van der Waals surface area contributed by atoms with Gasteiger partial charge in [0.15, 0.2) is 5.82 Å². The number of nitrogens with zero attached hydrogens (tertiary/aromatic N) is 2. The summed E-state index contributed by atoms with van der Waals surface area (Å²) in [7, 11) is -1.20. The number of aromatic nitrogens is 2. The summed E-state index contributed by atoms with van der Waals surface area (Å²) in [5.41, 5.74) is 4.15. The molecule has 0 radical (unpaired) electrons. The van der Waals surface area contributed by atoms with Gasteiger partial charge < -0.3 is 4.74 Å². The summed E-state index contributed by atoms with van der Waals surface area (Å²) in [6, 6.07) is 13.7. The molecular weight excluding hydrogens is 553 g/mol. The Hall–Kier alpha value is -1.62. The molecule has 0 spiro atoms. The van der Waals surface area contributed by atoms with E-state index in [0.29, 0.717) is 19.2 Å². The van der Waals surface area contributed by atoms with Crippen molar-refractivity contribution in [2.24, 2.45) is 0 Å². The average molecular weight is 587 g/mol. The second kappa shape index (κ2) is 13.0. The second-order valence-corrected chi connectivity index (χ2v) is 20.2. The van der Waals surface area contributed by atoms with Crippen molar-refractivity contribution in [1.82, 2.24) is 9.55 Å². The van der Waals surface area contributed by atoms with Gasteiger partial charge in [-0.1, -0.05) is 31.8 Å². The predicted octanol–water partition coefficient (Wildman–Crippen LogP) is 8.98. The van der Waals surface area contributed by atoms with Crippen molar-refractivity contribution >= 4 is 71.1 Å². The number of imidazole rings is 1. The highest BCUT2D eigenvalue weighted by atomic mass is 32.2. The molecule has 4 aromatic rings. The Kier molecular flexibility index (Phi) is 9.94. The Labute approximate surface area is 237 Å². The van der Waals surface area contributed by atoms with Gasteiger partial charge in [-0.3, -0.25) is 9.36 Å². The molecule has 0 N–H and O–H groups in total. The zero-order chi connectivity index (χ0) is 26.4. The third kappa shape index (κ3) is 8.18. The van der Waals surface area contributed by atoms with Gasteiger partial charge in [0.2, 0.25) is 5.78 Å². The fourth-order valence-electron chi connectivity index (χ4n) is 3.60. The lowest BCUT2D eigenvalue weighted by Gasteiger charge is -2.16. The van der Waals surface area contributed by atoms with Crippen molar-refractivity contribution in [2.45, 2.75) is 57.8 Å². The third-order valence-corrected chi connectivity index (χ3v) is 12.2. The van der Waals surface area contributed by atoms with E-state index < -0.39 is 8.07 Å². The van der Waals surface area contributed by atoms with Crippen LogP contribution in [0.15, 0.2) is 57.5 Å². The monoisotopic (exact) mass is 586 g/mol. The SMILES string of the molecule is Cc1cc2nc(C(=O)C=C(SCc3cccs3)SCc3cccs3)n(COCC[Si](C)(C)C)c2cc1C. The first-order chi connectivity index (χ1) is 17.7. The van der Waals surface area contributed by atoms with E-state index in [-0.39, 0.29) is 5.78 Å². The number of ketones is 1. The van der Waals surface area contributed by atoms with Crippen LogP contribution in [-0.2, 0) is 23.0 Å². The number of carbonyl (C=O) groups is 1. The summed E-state index contributed by atoms with van der Waals surface area (Å²) < 4.78 is 9.06. The fourth-order valence-corrected chi connectivity index (χ4v) is 8.07. The normalized spacial score (nSPS) is 11.8. The minimum atomic E-state index is -1.20. The minimum Gasteiger partial charge on any atom is -0.361 e. The largest absolute Gasteiger partial charge is 0.361 e. The maximum absolute atomic E-state index is 13.7. The quantitative estimate of drug-likeness (QED) is 0.0677. The van der Waals surface area contributed by atoms with Crippen molar-refractivity contribution in [3.8, 4) is 0 Å². The molecule has 0 bridgehead atoms. The van der Waals surface area contributed by atoms with Gasteiger partial charge in [-0.25, -0.2) is 4.98 Å². The Morgan fingerprint density at radius 3 is 2.22 bits per heavy atom. The highest BCUT2D eigenvalue weighted by molar-refractivity contribution is 8.21. The molecule has 0 unspecified atom stereocenters. The van der Waals surface area contributed by atoms with Crippen molar-refractivity contribution in [1.29, 1.82) is 0 Å². The molecule has 4 nitrogen and oxygen atoms in total. The van der Waals surface area contributed by atoms with Crippen LogP contribution < -0.4 is 0 Å². The molecule has 0 aliphatic heterocycles. The highest BCUT2D eigenvalue weighted by Gasteiger charge is 2.19. The van der Waals surface area contributed by atoms with E-state index >= 15 is 0 Å². The number of fused-ring (bicyclic) bond motifs is 1. The molecule has 37 heavy (non-hydrogen) atoms. The Morgan fingerprint density at radius 2 is 1.65 bits per heavy atom. The van der Waals surface area contributed by atoms with Crippen LogP contribution in [0.2, 0.25) is 25.7 Å². The van der Waals surface area contributed by atoms with E-state index in [9.17, 15) is 4.79 Å². The topological polar surface area (TPSA) is 44.1 Å². The number of hydrogen-bond donors (Lipinski definition) is 0. The van der Waals surface area contributed by atoms with Crippen LogP contribution in [0.5, 0.6) is 0 Å². The van der Waals surface area contributed by atoms with E-state index in [1.807, 2.05) is 4.57 Å². The lowest BCUT2D eigenvalue weighted by molar-refractivity contribution is 0.0837. The van der Waals surface area contributed by atoms with Crippen molar-refractivity contribution in [3.05, 3.63) is 84.2 Å². The Balaban J connectivity index is 1.61. The lowest BCUT2D eigenvalue weighted by atomic mass is 10.1. The van der Waals surface area contributed by atoms with Gasteiger partial charge >= 0.3 is 0 Å². The summed E-state index contributed by atoms with van der Waals surface area (Å²) in [4.78, 5) is 21.1.